The zero-order valence-electron chi connectivity index (χ0n) is 23.3. The van der Waals surface area contributed by atoms with Crippen LogP contribution in [0.4, 0.5) is 5.82 Å². The van der Waals surface area contributed by atoms with E-state index in [1.54, 1.807) is 23.8 Å². The summed E-state index contributed by atoms with van der Waals surface area (Å²) < 4.78 is 7.64. The van der Waals surface area contributed by atoms with E-state index in [4.69, 9.17) is 16.6 Å². The van der Waals surface area contributed by atoms with Gasteiger partial charge in [-0.25, -0.2) is 0 Å². The number of hydrogen-bond donors (Lipinski definition) is 0. The maximum Gasteiger partial charge on any atom is 0.270 e. The molecule has 0 saturated carbocycles. The molecule has 0 spiro atoms. The number of rotatable bonds is 9. The summed E-state index contributed by atoms with van der Waals surface area (Å²) in [6.45, 7) is 8.63. The summed E-state index contributed by atoms with van der Waals surface area (Å²) in [4.78, 5) is 33.7. The molecule has 0 aliphatic carbocycles. The summed E-state index contributed by atoms with van der Waals surface area (Å²) in [6.07, 6.45) is 5.11. The number of aromatic nitrogens is 1. The van der Waals surface area contributed by atoms with Crippen LogP contribution in [0.3, 0.4) is 0 Å². The van der Waals surface area contributed by atoms with E-state index in [0.29, 0.717) is 27.1 Å². The van der Waals surface area contributed by atoms with Crippen LogP contribution in [-0.4, -0.2) is 50.8 Å². The van der Waals surface area contributed by atoms with Gasteiger partial charge in [-0.15, -0.1) is 0 Å². The fraction of sp³-hybridized carbons (Fsp3) is 0.355. The maximum atomic E-state index is 13.6. The molecule has 3 aromatic rings. The van der Waals surface area contributed by atoms with Crippen LogP contribution in [0.5, 0.6) is 0 Å². The third-order valence-corrected chi connectivity index (χ3v) is 8.92. The highest BCUT2D eigenvalue weighted by Gasteiger charge is 2.34. The number of pyridine rings is 1. The number of piperazine rings is 1. The van der Waals surface area contributed by atoms with Gasteiger partial charge in [-0.3, -0.25) is 24.0 Å². The van der Waals surface area contributed by atoms with E-state index in [9.17, 15) is 14.9 Å². The highest BCUT2D eigenvalue weighted by atomic mass is 32.2. The van der Waals surface area contributed by atoms with Crippen LogP contribution in [0, 0.1) is 18.3 Å². The number of hydrogen-bond acceptors (Lipinski definition) is 8. The van der Waals surface area contributed by atoms with Gasteiger partial charge in [0.1, 0.15) is 27.5 Å². The molecule has 8 nitrogen and oxygen atoms in total. The van der Waals surface area contributed by atoms with Crippen molar-refractivity contribution >= 4 is 46.1 Å². The summed E-state index contributed by atoms with van der Waals surface area (Å²) in [5.74, 6) is 1.21. The lowest BCUT2D eigenvalue weighted by Gasteiger charge is -2.38. The number of nitrogens with zero attached hydrogens (tertiary/aromatic N) is 5. The van der Waals surface area contributed by atoms with Crippen LogP contribution < -0.4 is 10.5 Å². The maximum absolute atomic E-state index is 13.6. The first kappa shape index (κ1) is 28.9. The van der Waals surface area contributed by atoms with Crippen LogP contribution in [0.25, 0.3) is 6.08 Å². The van der Waals surface area contributed by atoms with E-state index < -0.39 is 0 Å². The van der Waals surface area contributed by atoms with Gasteiger partial charge in [-0.05, 0) is 42.7 Å². The van der Waals surface area contributed by atoms with Crippen LogP contribution >= 0.6 is 24.0 Å². The van der Waals surface area contributed by atoms with Gasteiger partial charge in [0.05, 0.1) is 17.7 Å². The summed E-state index contributed by atoms with van der Waals surface area (Å²) in [7, 11) is 0. The zero-order valence-corrected chi connectivity index (χ0v) is 25.0. The van der Waals surface area contributed by atoms with Crippen molar-refractivity contribution in [2.45, 2.75) is 46.3 Å². The van der Waals surface area contributed by atoms with Crippen molar-refractivity contribution in [1.29, 1.82) is 5.26 Å². The molecule has 2 aromatic heterocycles. The number of furan rings is 1. The molecule has 1 amide bonds. The van der Waals surface area contributed by atoms with E-state index in [2.05, 4.69) is 47.1 Å². The van der Waals surface area contributed by atoms with E-state index in [1.807, 2.05) is 18.2 Å². The molecule has 0 radical (unpaired) electrons. The molecule has 0 bridgehead atoms. The van der Waals surface area contributed by atoms with Crippen LogP contribution in [-0.2, 0) is 24.4 Å². The highest BCUT2D eigenvalue weighted by molar-refractivity contribution is 8.26. The molecule has 2 aliphatic rings. The second-order valence-corrected chi connectivity index (χ2v) is 11.9. The average Bonchev–Trinajstić information content (AvgIpc) is 3.59. The van der Waals surface area contributed by atoms with Gasteiger partial charge in [0, 0.05) is 44.8 Å². The van der Waals surface area contributed by atoms with Gasteiger partial charge in [-0.2, -0.15) is 5.26 Å². The predicted molar refractivity (Wildman–Crippen MR) is 166 cm³/mol. The number of unbranched alkanes of at least 4 members (excludes halogenated alkanes) is 1. The van der Waals surface area contributed by atoms with Gasteiger partial charge >= 0.3 is 0 Å². The van der Waals surface area contributed by atoms with Crippen molar-refractivity contribution in [3.05, 3.63) is 92.0 Å². The molecule has 0 unspecified atom stereocenters. The standard InChI is InChI=1S/C31H33N5O3S2/c1-3-4-12-35-28(34-15-13-33(14-16-34)20-23-9-6-5-7-10-23)25(22(2)26(19-32)29(35)37)18-27-30(38)36(31(40)41-27)21-24-11-8-17-39-24/h5-11,17-18H,3-4,12-16,20-21H2,1-2H3/b27-18+. The minimum Gasteiger partial charge on any atom is -0.467 e. The number of thiocarbonyl (C=S) groups is 1. The predicted octanol–water partition coefficient (Wildman–Crippen LogP) is 5.15. The lowest BCUT2D eigenvalue weighted by atomic mass is 10.0. The molecule has 0 N–H and O–H groups in total. The molecular weight excluding hydrogens is 555 g/mol. The fourth-order valence-corrected chi connectivity index (χ4v) is 6.53. The van der Waals surface area contributed by atoms with E-state index >= 15 is 0 Å². The number of nitriles is 1. The zero-order chi connectivity index (χ0) is 28.9. The van der Waals surface area contributed by atoms with Crippen molar-refractivity contribution < 1.29 is 9.21 Å². The Morgan fingerprint density at radius 3 is 2.49 bits per heavy atom. The number of carbonyl (C=O) groups is 1. The lowest BCUT2D eigenvalue weighted by Crippen LogP contribution is -2.48. The third kappa shape index (κ3) is 6.17. The molecule has 10 heteroatoms. The number of amides is 1. The van der Waals surface area contributed by atoms with Crippen molar-refractivity contribution in [3.63, 3.8) is 0 Å². The monoisotopic (exact) mass is 587 g/mol. The van der Waals surface area contributed by atoms with Crippen LogP contribution in [0.1, 0.15) is 47.8 Å². The first-order chi connectivity index (χ1) is 19.9. The lowest BCUT2D eigenvalue weighted by molar-refractivity contribution is -0.122. The van der Waals surface area contributed by atoms with E-state index in [1.165, 1.54) is 22.2 Å². The summed E-state index contributed by atoms with van der Waals surface area (Å²) in [5, 5.41) is 9.97. The van der Waals surface area contributed by atoms with Crippen molar-refractivity contribution in [3.8, 4) is 6.07 Å². The Labute approximate surface area is 249 Å². The second kappa shape index (κ2) is 12.9. The van der Waals surface area contributed by atoms with Crippen molar-refractivity contribution in [2.75, 3.05) is 31.1 Å². The molecule has 2 aliphatic heterocycles. The van der Waals surface area contributed by atoms with Gasteiger partial charge in [-0.1, -0.05) is 67.7 Å². The molecule has 0 atom stereocenters. The minimum absolute atomic E-state index is 0.116. The minimum atomic E-state index is -0.275. The van der Waals surface area contributed by atoms with Crippen LogP contribution in [0.15, 0.2) is 62.8 Å². The van der Waals surface area contributed by atoms with Gasteiger partial charge in [0.25, 0.3) is 11.5 Å². The third-order valence-electron chi connectivity index (χ3n) is 7.55. The van der Waals surface area contributed by atoms with Crippen molar-refractivity contribution in [1.82, 2.24) is 14.4 Å². The number of anilines is 1. The highest BCUT2D eigenvalue weighted by Crippen LogP contribution is 2.37. The Kier molecular flexibility index (Phi) is 9.08. The Bertz CT molecular complexity index is 1550. The normalized spacial score (nSPS) is 17.0. The van der Waals surface area contributed by atoms with Crippen molar-refractivity contribution in [2.24, 2.45) is 0 Å². The topological polar surface area (TPSA) is 85.7 Å². The molecule has 5 rings (SSSR count). The number of benzene rings is 1. The van der Waals surface area contributed by atoms with Gasteiger partial charge in [0.15, 0.2) is 0 Å². The van der Waals surface area contributed by atoms with E-state index in [0.717, 1.165) is 56.9 Å². The molecular formula is C31H33N5O3S2. The molecule has 41 heavy (non-hydrogen) atoms. The second-order valence-electron chi connectivity index (χ2n) is 10.3. The van der Waals surface area contributed by atoms with Crippen LogP contribution in [0.2, 0.25) is 0 Å². The first-order valence-electron chi connectivity index (χ1n) is 13.9. The Hall–Kier alpha value is -3.65. The van der Waals surface area contributed by atoms with E-state index in [-0.39, 0.29) is 23.6 Å². The SMILES string of the molecule is CCCCn1c(N2CCN(Cc3ccccc3)CC2)c(/C=C2/SC(=S)N(Cc3ccco3)C2=O)c(C)c(C#N)c1=O. The summed E-state index contributed by atoms with van der Waals surface area (Å²) in [5.41, 5.74) is 2.43. The number of thioether (sulfide) groups is 1. The molecule has 212 valence electrons. The molecule has 1 aromatic carbocycles. The quantitative estimate of drug-likeness (QED) is 0.251. The summed E-state index contributed by atoms with van der Waals surface area (Å²) in [6, 6.07) is 16.1. The molecule has 4 heterocycles. The van der Waals surface area contributed by atoms with Gasteiger partial charge < -0.3 is 9.32 Å². The Morgan fingerprint density at radius 1 is 1.07 bits per heavy atom. The summed E-state index contributed by atoms with van der Waals surface area (Å²) >= 11 is 6.79. The Balaban J connectivity index is 1.51. The Morgan fingerprint density at radius 2 is 1.83 bits per heavy atom. The largest absolute Gasteiger partial charge is 0.467 e. The first-order valence-corrected chi connectivity index (χ1v) is 15.1. The molecule has 2 fully saturated rings. The smallest absolute Gasteiger partial charge is 0.270 e. The average molecular weight is 588 g/mol. The molecule has 2 saturated heterocycles. The fourth-order valence-electron chi connectivity index (χ4n) is 5.29. The number of carbonyl (C=O) groups excluding carboxylic acids is 1. The van der Waals surface area contributed by atoms with Gasteiger partial charge in [0.2, 0.25) is 0 Å².